The van der Waals surface area contributed by atoms with E-state index in [0.29, 0.717) is 0 Å². The van der Waals surface area contributed by atoms with E-state index >= 15 is 0 Å². The van der Waals surface area contributed by atoms with Crippen LogP contribution in [0.25, 0.3) is 11.3 Å². The lowest BCUT2D eigenvalue weighted by Crippen LogP contribution is -1.91. The fourth-order valence-electron chi connectivity index (χ4n) is 1.25. The predicted molar refractivity (Wildman–Crippen MR) is 69.4 cm³/mol. The van der Waals surface area contributed by atoms with Crippen molar-refractivity contribution in [1.82, 2.24) is 9.97 Å². The van der Waals surface area contributed by atoms with E-state index in [-0.39, 0.29) is 44.2 Å². The lowest BCUT2D eigenvalue weighted by molar-refractivity contribution is 0.452. The Kier molecular flexibility index (Phi) is 4.68. The maximum Gasteiger partial charge on any atom is 0.214 e. The summed E-state index contributed by atoms with van der Waals surface area (Å²) in [6, 6.07) is 4.02. The van der Waals surface area contributed by atoms with Crippen molar-refractivity contribution in [3.8, 4) is 17.1 Å². The molecule has 2 aromatic rings. The number of hydrogen-bond donors (Lipinski definition) is 1. The third-order valence-corrected chi connectivity index (χ3v) is 2.56. The summed E-state index contributed by atoms with van der Waals surface area (Å²) >= 11 is 11.5. The average Bonchev–Trinajstić information content (AvgIpc) is 2.24. The second kappa shape index (κ2) is 5.62. The summed E-state index contributed by atoms with van der Waals surface area (Å²) < 4.78 is 13.7. The minimum absolute atomic E-state index is 0. The molecule has 0 amide bonds. The van der Waals surface area contributed by atoms with Gasteiger partial charge in [-0.2, -0.15) is 0 Å². The highest BCUT2D eigenvalue weighted by Crippen LogP contribution is 2.33. The van der Waals surface area contributed by atoms with E-state index in [1.54, 1.807) is 0 Å². The van der Waals surface area contributed by atoms with Crippen LogP contribution in [0, 0.1) is 5.82 Å². The molecule has 1 heterocycles. The molecule has 1 aromatic heterocycles. The summed E-state index contributed by atoms with van der Waals surface area (Å²) in [4.78, 5) is 7.31. The fraction of sp³-hybridized carbons (Fsp3) is 0. The first-order valence-electron chi connectivity index (χ1n) is 4.24. The molecule has 0 unspecified atom stereocenters. The van der Waals surface area contributed by atoms with Gasteiger partial charge in [0.2, 0.25) is 5.88 Å². The smallest absolute Gasteiger partial charge is 0.214 e. The molecule has 1 aromatic carbocycles. The first kappa shape index (κ1) is 14.2. The van der Waals surface area contributed by atoms with Gasteiger partial charge in [-0.05, 0) is 12.1 Å². The minimum atomic E-state index is -0.674. The molecule has 0 radical (unpaired) electrons. The van der Waals surface area contributed by atoms with Gasteiger partial charge < -0.3 is 5.11 Å². The second-order valence-electron chi connectivity index (χ2n) is 2.98. The Morgan fingerprint density at radius 3 is 2.41 bits per heavy atom. The molecular formula is C10H6BrCl2FN2O. The largest absolute Gasteiger partial charge is 0.493 e. The predicted octanol–water partition coefficient (Wildman–Crippen LogP) is 3.87. The van der Waals surface area contributed by atoms with Crippen LogP contribution in [0.15, 0.2) is 24.5 Å². The molecule has 17 heavy (non-hydrogen) atoms. The van der Waals surface area contributed by atoms with Crippen molar-refractivity contribution >= 4 is 40.2 Å². The van der Waals surface area contributed by atoms with Crippen LogP contribution in [0.5, 0.6) is 5.88 Å². The van der Waals surface area contributed by atoms with Crippen LogP contribution in [-0.4, -0.2) is 15.1 Å². The highest BCUT2D eigenvalue weighted by molar-refractivity contribution is 8.93. The van der Waals surface area contributed by atoms with Gasteiger partial charge in [0.1, 0.15) is 6.33 Å². The molecule has 0 aliphatic rings. The van der Waals surface area contributed by atoms with Crippen molar-refractivity contribution in [2.45, 2.75) is 0 Å². The number of aromatic nitrogens is 2. The van der Waals surface area contributed by atoms with Gasteiger partial charge in [0.15, 0.2) is 5.82 Å². The summed E-state index contributed by atoms with van der Waals surface area (Å²) in [5.74, 6) is -0.937. The first-order chi connectivity index (χ1) is 7.59. The summed E-state index contributed by atoms with van der Waals surface area (Å²) in [6.07, 6.45) is 1.11. The van der Waals surface area contributed by atoms with Crippen molar-refractivity contribution in [1.29, 1.82) is 0 Å². The van der Waals surface area contributed by atoms with E-state index in [4.69, 9.17) is 23.2 Å². The van der Waals surface area contributed by atoms with Crippen molar-refractivity contribution in [3.05, 3.63) is 40.4 Å². The number of nitrogens with zero attached hydrogens (tertiary/aromatic N) is 2. The molecular weight excluding hydrogens is 334 g/mol. The number of aromatic hydroxyl groups is 1. The number of halogens is 4. The SMILES string of the molecule is Br.Oc1cc(-c2c(Cl)ccc(Cl)c2F)ncn1. The lowest BCUT2D eigenvalue weighted by Gasteiger charge is -2.06. The summed E-state index contributed by atoms with van der Waals surface area (Å²) in [5, 5.41) is 9.28. The van der Waals surface area contributed by atoms with Crippen LogP contribution in [0.4, 0.5) is 4.39 Å². The third kappa shape index (κ3) is 2.86. The van der Waals surface area contributed by atoms with Gasteiger partial charge in [-0.25, -0.2) is 14.4 Å². The summed E-state index contributed by atoms with van der Waals surface area (Å²) in [7, 11) is 0. The van der Waals surface area contributed by atoms with Crippen LogP contribution >= 0.6 is 40.2 Å². The fourth-order valence-corrected chi connectivity index (χ4v) is 1.65. The Morgan fingerprint density at radius 2 is 1.76 bits per heavy atom. The van der Waals surface area contributed by atoms with Crippen LogP contribution in [0.1, 0.15) is 0 Å². The maximum absolute atomic E-state index is 13.7. The van der Waals surface area contributed by atoms with Gasteiger partial charge in [0.05, 0.1) is 21.3 Å². The van der Waals surface area contributed by atoms with Crippen molar-refractivity contribution < 1.29 is 9.50 Å². The van der Waals surface area contributed by atoms with Gasteiger partial charge in [-0.15, -0.1) is 17.0 Å². The Morgan fingerprint density at radius 1 is 1.12 bits per heavy atom. The zero-order valence-electron chi connectivity index (χ0n) is 8.19. The van der Waals surface area contributed by atoms with E-state index in [0.717, 1.165) is 6.33 Å². The van der Waals surface area contributed by atoms with E-state index in [1.807, 2.05) is 0 Å². The molecule has 0 saturated carbocycles. The van der Waals surface area contributed by atoms with Gasteiger partial charge >= 0.3 is 0 Å². The molecule has 0 fully saturated rings. The molecule has 1 N–H and O–H groups in total. The van der Waals surface area contributed by atoms with Crippen LogP contribution in [0.2, 0.25) is 10.0 Å². The number of benzene rings is 1. The molecule has 7 heteroatoms. The molecule has 2 rings (SSSR count). The Bertz CT molecular complexity index is 554. The minimum Gasteiger partial charge on any atom is -0.493 e. The normalized spacial score (nSPS) is 9.82. The van der Waals surface area contributed by atoms with Crippen molar-refractivity contribution in [2.75, 3.05) is 0 Å². The monoisotopic (exact) mass is 338 g/mol. The van der Waals surface area contributed by atoms with Crippen molar-refractivity contribution in [2.24, 2.45) is 0 Å². The zero-order valence-corrected chi connectivity index (χ0v) is 11.4. The molecule has 0 spiro atoms. The lowest BCUT2D eigenvalue weighted by atomic mass is 10.1. The molecule has 0 bridgehead atoms. The third-order valence-electron chi connectivity index (χ3n) is 1.95. The molecule has 0 aliphatic carbocycles. The summed E-state index contributed by atoms with van der Waals surface area (Å²) in [6.45, 7) is 0. The van der Waals surface area contributed by atoms with Gasteiger partial charge in [0, 0.05) is 6.07 Å². The zero-order chi connectivity index (χ0) is 11.7. The Hall–Kier alpha value is -0.910. The molecule has 0 saturated heterocycles. The average molecular weight is 340 g/mol. The van der Waals surface area contributed by atoms with Gasteiger partial charge in [0.25, 0.3) is 0 Å². The topological polar surface area (TPSA) is 46.0 Å². The Balaban J connectivity index is 0.00000144. The molecule has 90 valence electrons. The Labute approximate surface area is 117 Å². The van der Waals surface area contributed by atoms with Crippen LogP contribution in [0.3, 0.4) is 0 Å². The van der Waals surface area contributed by atoms with Crippen LogP contribution < -0.4 is 0 Å². The van der Waals surface area contributed by atoms with Gasteiger partial charge in [-0.1, -0.05) is 23.2 Å². The van der Waals surface area contributed by atoms with Crippen LogP contribution in [-0.2, 0) is 0 Å². The van der Waals surface area contributed by atoms with Crippen molar-refractivity contribution in [3.63, 3.8) is 0 Å². The van der Waals surface area contributed by atoms with E-state index in [1.165, 1.54) is 18.2 Å². The highest BCUT2D eigenvalue weighted by atomic mass is 79.9. The number of hydrogen-bond acceptors (Lipinski definition) is 3. The molecule has 3 nitrogen and oxygen atoms in total. The van der Waals surface area contributed by atoms with E-state index in [9.17, 15) is 9.50 Å². The summed E-state index contributed by atoms with van der Waals surface area (Å²) in [5.41, 5.74) is 0.226. The second-order valence-corrected chi connectivity index (χ2v) is 3.79. The number of rotatable bonds is 1. The quantitative estimate of drug-likeness (QED) is 0.802. The van der Waals surface area contributed by atoms with E-state index < -0.39 is 5.82 Å². The first-order valence-corrected chi connectivity index (χ1v) is 5.00. The highest BCUT2D eigenvalue weighted by Gasteiger charge is 2.15. The van der Waals surface area contributed by atoms with E-state index in [2.05, 4.69) is 9.97 Å². The standard InChI is InChI=1S/C10H5Cl2FN2O.BrH/c11-5-1-2-6(12)10(13)9(5)7-3-8(16)15-4-14-7;/h1-4H,(H,14,15,16);1H. The van der Waals surface area contributed by atoms with Gasteiger partial charge in [-0.3, -0.25) is 0 Å². The molecule has 0 atom stereocenters. The maximum atomic E-state index is 13.7. The molecule has 0 aliphatic heterocycles.